The van der Waals surface area contributed by atoms with Crippen LogP contribution in [0.4, 0.5) is 20.6 Å². The lowest BCUT2D eigenvalue weighted by molar-refractivity contribution is -0.121. The predicted molar refractivity (Wildman–Crippen MR) is 254 cm³/mol. The fraction of sp³-hybridized carbons (Fsp3) is 0.269. The highest BCUT2D eigenvalue weighted by Gasteiger charge is 2.33. The van der Waals surface area contributed by atoms with Crippen LogP contribution in [0, 0.1) is 29.6 Å². The van der Waals surface area contributed by atoms with Crippen molar-refractivity contribution in [3.05, 3.63) is 155 Å². The number of ether oxygens (including phenoxy) is 2. The van der Waals surface area contributed by atoms with Crippen LogP contribution >= 0.6 is 0 Å². The lowest BCUT2D eigenvalue weighted by Crippen LogP contribution is -2.50. The van der Waals surface area contributed by atoms with Crippen molar-refractivity contribution in [2.45, 2.75) is 62.8 Å². The number of carbonyl (C=O) groups is 4. The number of nitrogens with one attached hydrogen (secondary N) is 2. The zero-order chi connectivity index (χ0) is 49.6. The second-order valence-corrected chi connectivity index (χ2v) is 17.4. The van der Waals surface area contributed by atoms with E-state index in [0.717, 1.165) is 15.8 Å². The minimum atomic E-state index is -1.55. The Balaban J connectivity index is 0.849. The molecule has 18 heteroatoms. The van der Waals surface area contributed by atoms with Crippen molar-refractivity contribution >= 4 is 35.1 Å². The third kappa shape index (κ3) is 11.8. The first-order valence-corrected chi connectivity index (χ1v) is 22.2. The Morgan fingerprint density at radius 3 is 1.99 bits per heavy atom. The average Bonchev–Trinajstić information content (AvgIpc) is 3.74. The Morgan fingerprint density at radius 2 is 1.39 bits per heavy atom. The van der Waals surface area contributed by atoms with Gasteiger partial charge in [-0.05, 0) is 110 Å². The maximum atomic E-state index is 13.6. The molecule has 8 rings (SSSR count). The molecule has 0 fully saturated rings. The molecule has 0 bridgehead atoms. The summed E-state index contributed by atoms with van der Waals surface area (Å²) in [6.07, 6.45) is 8.95. The third-order valence-electron chi connectivity index (χ3n) is 11.6. The van der Waals surface area contributed by atoms with Crippen LogP contribution in [0.15, 0.2) is 110 Å². The van der Waals surface area contributed by atoms with Gasteiger partial charge in [-0.3, -0.25) is 24.4 Å². The van der Waals surface area contributed by atoms with Crippen molar-refractivity contribution in [1.82, 2.24) is 35.4 Å². The van der Waals surface area contributed by atoms with Gasteiger partial charge in [-0.1, -0.05) is 35.8 Å². The Kier molecular flexibility index (Phi) is 14.0. The van der Waals surface area contributed by atoms with Gasteiger partial charge < -0.3 is 40.1 Å². The SMILES string of the molecule is CN1C(=O)[C@H](NC(=O)c2cc(Cc3cccc(F)n3)ccn2)COc2ccc(C#CC(C)(O)CCC(C)(O)C#Cc3ccc4c(c3)N(C)C(=O)[C@H](NC(=O)n3cc(Cc5cccnc5)cn3)CO4)cc21. The molecule has 0 radical (unpaired) electrons. The van der Waals surface area contributed by atoms with E-state index in [9.17, 15) is 33.8 Å². The molecule has 17 nitrogen and oxygen atoms in total. The van der Waals surface area contributed by atoms with Crippen LogP contribution in [0.2, 0.25) is 0 Å². The van der Waals surface area contributed by atoms with Crippen LogP contribution in [-0.4, -0.2) is 109 Å². The Bertz CT molecular complexity index is 3100. The summed E-state index contributed by atoms with van der Waals surface area (Å²) >= 11 is 0. The predicted octanol–water partition coefficient (Wildman–Crippen LogP) is 4.21. The number of amides is 4. The molecule has 0 saturated heterocycles. The van der Waals surface area contributed by atoms with E-state index in [4.69, 9.17) is 9.47 Å². The van der Waals surface area contributed by atoms with E-state index in [1.54, 1.807) is 99.5 Å². The van der Waals surface area contributed by atoms with E-state index >= 15 is 0 Å². The minimum absolute atomic E-state index is 0.0433. The summed E-state index contributed by atoms with van der Waals surface area (Å²) in [6, 6.07) is 18.8. The Morgan fingerprint density at radius 1 is 0.757 bits per heavy atom. The highest BCUT2D eigenvalue weighted by atomic mass is 19.1. The fourth-order valence-corrected chi connectivity index (χ4v) is 7.60. The van der Waals surface area contributed by atoms with Crippen molar-refractivity contribution in [3.8, 4) is 35.2 Å². The normalized spacial score (nSPS) is 17.0. The van der Waals surface area contributed by atoms with Crippen molar-refractivity contribution in [1.29, 1.82) is 0 Å². The number of rotatable bonds is 10. The Labute approximate surface area is 402 Å². The van der Waals surface area contributed by atoms with E-state index < -0.39 is 53.0 Å². The molecule has 4 N–H and O–H groups in total. The third-order valence-corrected chi connectivity index (χ3v) is 11.6. The van der Waals surface area contributed by atoms with Gasteiger partial charge in [0.25, 0.3) is 17.7 Å². The minimum Gasteiger partial charge on any atom is -0.489 e. The van der Waals surface area contributed by atoms with E-state index in [2.05, 4.69) is 54.4 Å². The van der Waals surface area contributed by atoms with Crippen molar-refractivity contribution in [3.63, 3.8) is 0 Å². The van der Waals surface area contributed by atoms with Gasteiger partial charge in [0.1, 0.15) is 53.7 Å². The summed E-state index contributed by atoms with van der Waals surface area (Å²) in [7, 11) is 3.12. The number of hydrogen-bond donors (Lipinski definition) is 4. The number of aliphatic hydroxyl groups is 2. The van der Waals surface area contributed by atoms with Crippen LogP contribution in [0.5, 0.6) is 11.5 Å². The first-order chi connectivity index (χ1) is 33.5. The van der Waals surface area contributed by atoms with Gasteiger partial charge >= 0.3 is 6.03 Å². The van der Waals surface area contributed by atoms with Crippen molar-refractivity contribution in [2.24, 2.45) is 0 Å². The first kappa shape index (κ1) is 48.0. The number of carbonyl (C=O) groups excluding carboxylic acids is 4. The van der Waals surface area contributed by atoms with Crippen LogP contribution in [0.3, 0.4) is 0 Å². The number of pyridine rings is 3. The summed E-state index contributed by atoms with van der Waals surface area (Å²) in [5.74, 6) is 10.4. The zero-order valence-electron chi connectivity index (χ0n) is 38.6. The maximum Gasteiger partial charge on any atom is 0.342 e. The summed E-state index contributed by atoms with van der Waals surface area (Å²) in [4.78, 5) is 68.4. The average molecular weight is 946 g/mol. The highest BCUT2D eigenvalue weighted by molar-refractivity contribution is 6.03. The van der Waals surface area contributed by atoms with Crippen LogP contribution in [-0.2, 0) is 22.4 Å². The van der Waals surface area contributed by atoms with Gasteiger partial charge in [-0.25, -0.2) is 9.78 Å². The summed E-state index contributed by atoms with van der Waals surface area (Å²) < 4.78 is 26.7. The van der Waals surface area contributed by atoms with Gasteiger partial charge in [0.05, 0.1) is 17.6 Å². The molecule has 0 aliphatic carbocycles. The summed E-state index contributed by atoms with van der Waals surface area (Å²) in [5.41, 5.74) is 1.66. The fourth-order valence-electron chi connectivity index (χ4n) is 7.60. The number of likely N-dealkylation sites (N-methyl/N-ethyl adjacent to an activating group) is 2. The number of nitrogens with zero attached hydrogens (tertiary/aromatic N) is 7. The van der Waals surface area contributed by atoms with E-state index in [0.29, 0.717) is 51.7 Å². The number of hydrogen-bond acceptors (Lipinski definition) is 12. The molecule has 0 saturated carbocycles. The van der Waals surface area contributed by atoms with E-state index in [1.807, 2.05) is 12.1 Å². The summed E-state index contributed by atoms with van der Waals surface area (Å²) in [6.45, 7) is 2.77. The van der Waals surface area contributed by atoms with E-state index in [-0.39, 0.29) is 38.2 Å². The smallest absolute Gasteiger partial charge is 0.342 e. The monoisotopic (exact) mass is 945 g/mol. The molecule has 6 heterocycles. The number of benzene rings is 2. The second-order valence-electron chi connectivity index (χ2n) is 17.4. The maximum absolute atomic E-state index is 13.6. The number of anilines is 2. The molecule has 2 aliphatic heterocycles. The topological polar surface area (TPSA) is 214 Å². The highest BCUT2D eigenvalue weighted by Crippen LogP contribution is 2.33. The molecule has 0 spiro atoms. The number of aromatic nitrogens is 5. The second kappa shape index (κ2) is 20.4. The quantitative estimate of drug-likeness (QED) is 0.112. The molecule has 2 aliphatic rings. The largest absolute Gasteiger partial charge is 0.489 e. The molecule has 6 aromatic rings. The van der Waals surface area contributed by atoms with Gasteiger partial charge in [-0.15, -0.1) is 0 Å². The van der Waals surface area contributed by atoms with Crippen molar-refractivity contribution in [2.75, 3.05) is 37.1 Å². The lowest BCUT2D eigenvalue weighted by Gasteiger charge is -2.22. The van der Waals surface area contributed by atoms with Crippen molar-refractivity contribution < 1.29 is 43.3 Å². The van der Waals surface area contributed by atoms with Gasteiger partial charge in [0, 0.05) is 68.5 Å². The molecular weight excluding hydrogens is 898 g/mol. The number of halogens is 1. The van der Waals surface area contributed by atoms with E-state index in [1.165, 1.54) is 35.9 Å². The molecule has 70 heavy (non-hydrogen) atoms. The van der Waals surface area contributed by atoms with Gasteiger partial charge in [-0.2, -0.15) is 14.2 Å². The standard InChI is InChI=1S/C52H48FN9O8/c1-51(67,17-14-33-10-12-44-42(26-33)60(3)48(64)40(31-69-44)58-47(63)39-25-35(16-22-55-39)24-38-8-5-9-46(53)57-38)19-20-52(2,68)18-15-34-11-13-45-43(27-34)61(4)49(65)41(32-70-45)59-50(66)62-30-37(29-56-62)23-36-7-6-21-54-28-36/h5-13,16,21-22,25-30,40-41,67-68H,19-20,23-24,31-32H2,1-4H3,(H,58,63)(H,59,66)/t40-,41-,51?,52?/m1/s1. The summed E-state index contributed by atoms with van der Waals surface area (Å²) in [5, 5.41) is 32.1. The van der Waals surface area contributed by atoms with Crippen LogP contribution in [0.25, 0.3) is 0 Å². The zero-order valence-corrected chi connectivity index (χ0v) is 38.6. The molecule has 2 aromatic carbocycles. The molecule has 2 unspecified atom stereocenters. The molecule has 4 atom stereocenters. The van der Waals surface area contributed by atoms with Crippen LogP contribution < -0.4 is 29.9 Å². The number of fused-ring (bicyclic) bond motifs is 2. The first-order valence-electron chi connectivity index (χ1n) is 22.2. The lowest BCUT2D eigenvalue weighted by atomic mass is 9.92. The Hall–Kier alpha value is -8.45. The molecular formula is C52H48FN9O8. The molecule has 356 valence electrons. The van der Waals surface area contributed by atoms with Crippen LogP contribution in [0.1, 0.15) is 70.7 Å². The molecule has 4 amide bonds. The van der Waals surface area contributed by atoms with Gasteiger partial charge in [0.15, 0.2) is 0 Å². The molecule has 4 aromatic heterocycles. The van der Waals surface area contributed by atoms with Gasteiger partial charge in [0.2, 0.25) is 5.95 Å².